The van der Waals surface area contributed by atoms with Crippen molar-refractivity contribution in [1.29, 1.82) is 0 Å². The molecule has 0 spiro atoms. The summed E-state index contributed by atoms with van der Waals surface area (Å²) in [5.41, 5.74) is 4.38. The Labute approximate surface area is 266 Å². The van der Waals surface area contributed by atoms with Crippen molar-refractivity contribution in [2.24, 2.45) is 0 Å². The summed E-state index contributed by atoms with van der Waals surface area (Å²) in [6.07, 6.45) is -0.417. The maximum atomic E-state index is 13.6. The van der Waals surface area contributed by atoms with Crippen LogP contribution in [0, 0.1) is 0 Å². The molecule has 0 saturated carbocycles. The van der Waals surface area contributed by atoms with Gasteiger partial charge in [-0.15, -0.1) is 24.2 Å². The second kappa shape index (κ2) is 14.9. The van der Waals surface area contributed by atoms with E-state index in [-0.39, 0.29) is 68.0 Å². The van der Waals surface area contributed by atoms with Crippen molar-refractivity contribution in [1.82, 2.24) is 4.90 Å². The number of hydrogen-bond donors (Lipinski definition) is 0. The van der Waals surface area contributed by atoms with E-state index < -0.39 is 6.10 Å². The van der Waals surface area contributed by atoms with E-state index >= 15 is 0 Å². The summed E-state index contributed by atoms with van der Waals surface area (Å²) in [6.45, 7) is 29.1. The molecule has 2 rings (SSSR count). The summed E-state index contributed by atoms with van der Waals surface area (Å²) in [5.74, 6) is 0.0696. The normalized spacial score (nSPS) is 12.7. The first-order valence-electron chi connectivity index (χ1n) is 14.6. The largest absolute Gasteiger partial charge is 4.00 e. The molecule has 2 aromatic rings. The van der Waals surface area contributed by atoms with E-state index in [1.807, 2.05) is 29.2 Å². The summed E-state index contributed by atoms with van der Waals surface area (Å²) >= 11 is 0. The zero-order valence-electron chi connectivity index (χ0n) is 28.3. The van der Waals surface area contributed by atoms with Crippen LogP contribution in [0.1, 0.15) is 130 Å². The van der Waals surface area contributed by atoms with E-state index in [9.17, 15) is 20.4 Å². The third-order valence-electron chi connectivity index (χ3n) is 6.88. The first kappa shape index (κ1) is 39.6. The maximum Gasteiger partial charge on any atom is 4.00 e. The molecule has 0 aliphatic rings. The molecule has 0 radical (unpaired) electrons. The summed E-state index contributed by atoms with van der Waals surface area (Å²) in [6, 6.07) is 8.09. The van der Waals surface area contributed by atoms with Gasteiger partial charge in [0.2, 0.25) is 0 Å². The Hall–Kier alpha value is -1.37. The van der Waals surface area contributed by atoms with Crippen LogP contribution in [0.5, 0.6) is 11.5 Å². The van der Waals surface area contributed by atoms with Crippen LogP contribution >= 0.6 is 0 Å². The SMILES string of the molecule is CC(C)(C)c1cc(CN(CC[O-])Cc2cc(C(C)(C)C)cc(C(C)(C)C)c2[O-])c([O-])c(C(C)(C)C)c1.CC(C)[O-].[Ti+4]. The molecule has 0 bridgehead atoms. The molecule has 2 aromatic carbocycles. The molecule has 0 unspecified atom stereocenters. The van der Waals surface area contributed by atoms with Gasteiger partial charge in [-0.2, -0.15) is 0 Å². The Morgan fingerprint density at radius 1 is 0.610 bits per heavy atom. The van der Waals surface area contributed by atoms with Gasteiger partial charge in [0.15, 0.2) is 0 Å². The van der Waals surface area contributed by atoms with Crippen LogP contribution in [0.4, 0.5) is 0 Å². The fourth-order valence-corrected chi connectivity index (χ4v) is 4.42. The molecular formula is C35H55NO4Ti. The smallest absolute Gasteiger partial charge is 0.872 e. The van der Waals surface area contributed by atoms with Gasteiger partial charge in [0.25, 0.3) is 0 Å². The van der Waals surface area contributed by atoms with E-state index in [1.165, 1.54) is 0 Å². The van der Waals surface area contributed by atoms with Crippen LogP contribution in [-0.4, -0.2) is 24.2 Å². The standard InChI is InChI=1S/C32H50NO3.C3H7O.Ti/c1-29(2,3)23-15-21(27(35)25(17-23)31(7,8)9)19-33(13-14-34)20-22-16-24(30(4,5)6)18-26(28(22)36)32(10,11)12;1-3(2)4;/h15-18,35-36H,13-14,19-20H2,1-12H3;3H,1-2H3;/q2*-1;+4/p-2. The molecule has 0 heterocycles. The van der Waals surface area contributed by atoms with Crippen molar-refractivity contribution >= 4 is 0 Å². The van der Waals surface area contributed by atoms with Crippen molar-refractivity contribution in [3.05, 3.63) is 57.6 Å². The molecule has 0 aromatic heterocycles. The Bertz CT molecular complexity index is 1030. The van der Waals surface area contributed by atoms with Crippen molar-refractivity contribution in [2.75, 3.05) is 13.2 Å². The van der Waals surface area contributed by atoms with Gasteiger partial charge in [-0.05, 0) is 61.6 Å². The van der Waals surface area contributed by atoms with Gasteiger partial charge in [-0.1, -0.05) is 121 Å². The number of hydrogen-bond acceptors (Lipinski definition) is 5. The molecule has 0 saturated heterocycles. The molecule has 0 N–H and O–H groups in total. The average Bonchev–Trinajstić information content (AvgIpc) is 2.73. The Balaban J connectivity index is 0.00000299. The van der Waals surface area contributed by atoms with Gasteiger partial charge in [0, 0.05) is 13.1 Å². The van der Waals surface area contributed by atoms with Gasteiger partial charge in [-0.3, -0.25) is 4.90 Å². The van der Waals surface area contributed by atoms with Crippen LogP contribution in [0.15, 0.2) is 24.3 Å². The van der Waals surface area contributed by atoms with E-state index in [4.69, 9.17) is 0 Å². The molecular weight excluding hydrogens is 546 g/mol. The Kier molecular flexibility index (Phi) is 14.4. The van der Waals surface area contributed by atoms with E-state index in [2.05, 4.69) is 83.1 Å². The van der Waals surface area contributed by atoms with Crippen LogP contribution < -0.4 is 20.4 Å². The van der Waals surface area contributed by atoms with E-state index in [0.29, 0.717) is 24.2 Å². The van der Waals surface area contributed by atoms with Crippen LogP contribution in [0.2, 0.25) is 0 Å². The van der Waals surface area contributed by atoms with Crippen molar-refractivity contribution in [3.63, 3.8) is 0 Å². The van der Waals surface area contributed by atoms with Crippen LogP contribution in [0.25, 0.3) is 0 Å². The summed E-state index contributed by atoms with van der Waals surface area (Å²) in [7, 11) is 0. The van der Waals surface area contributed by atoms with Gasteiger partial charge < -0.3 is 20.4 Å². The maximum absolute atomic E-state index is 13.6. The van der Waals surface area contributed by atoms with Gasteiger partial charge in [0.1, 0.15) is 0 Å². The van der Waals surface area contributed by atoms with E-state index in [0.717, 1.165) is 22.3 Å². The number of benzene rings is 2. The molecule has 0 amide bonds. The van der Waals surface area contributed by atoms with Crippen molar-refractivity contribution < 1.29 is 42.1 Å². The van der Waals surface area contributed by atoms with Crippen LogP contribution in [0.3, 0.4) is 0 Å². The van der Waals surface area contributed by atoms with Gasteiger partial charge in [-0.25, -0.2) is 0 Å². The van der Waals surface area contributed by atoms with Crippen molar-refractivity contribution in [3.8, 4) is 11.5 Å². The monoisotopic (exact) mass is 601 g/mol. The third kappa shape index (κ3) is 12.0. The predicted octanol–water partition coefficient (Wildman–Crippen LogP) is 5.14. The average molecular weight is 602 g/mol. The fourth-order valence-electron chi connectivity index (χ4n) is 4.42. The summed E-state index contributed by atoms with van der Waals surface area (Å²) < 4.78 is 0. The minimum Gasteiger partial charge on any atom is -0.872 e. The van der Waals surface area contributed by atoms with E-state index in [1.54, 1.807) is 13.8 Å². The predicted molar refractivity (Wildman–Crippen MR) is 161 cm³/mol. The second-order valence-corrected chi connectivity index (χ2v) is 15.5. The minimum absolute atomic E-state index is 0. The van der Waals surface area contributed by atoms with Crippen molar-refractivity contribution in [2.45, 2.75) is 138 Å². The Morgan fingerprint density at radius 3 is 1.12 bits per heavy atom. The topological polar surface area (TPSA) is 95.5 Å². The van der Waals surface area contributed by atoms with Gasteiger partial charge >= 0.3 is 21.7 Å². The number of nitrogens with zero attached hydrogens (tertiary/aromatic N) is 1. The third-order valence-corrected chi connectivity index (χ3v) is 6.88. The molecule has 0 fully saturated rings. The molecule has 5 nitrogen and oxygen atoms in total. The number of rotatable bonds is 6. The molecule has 0 atom stereocenters. The molecule has 228 valence electrons. The fraction of sp³-hybridized carbons (Fsp3) is 0.657. The second-order valence-electron chi connectivity index (χ2n) is 15.5. The zero-order valence-corrected chi connectivity index (χ0v) is 29.9. The van der Waals surface area contributed by atoms with Gasteiger partial charge in [0.05, 0.1) is 0 Å². The molecule has 0 aliphatic heterocycles. The summed E-state index contributed by atoms with van der Waals surface area (Å²) in [4.78, 5) is 1.97. The first-order chi connectivity index (χ1) is 17.9. The first-order valence-corrected chi connectivity index (χ1v) is 14.6. The zero-order chi connectivity index (χ0) is 31.4. The molecule has 0 aliphatic carbocycles. The minimum atomic E-state index is -0.417. The summed E-state index contributed by atoms with van der Waals surface area (Å²) in [5, 5.41) is 48.4. The Morgan fingerprint density at radius 2 is 0.902 bits per heavy atom. The quantitative estimate of drug-likeness (QED) is 0.428. The van der Waals surface area contributed by atoms with Crippen LogP contribution in [-0.2, 0) is 56.5 Å². The molecule has 6 heteroatoms. The molecule has 41 heavy (non-hydrogen) atoms.